The number of carbonyl (C=O) groups excluding carboxylic acids is 2. The van der Waals surface area contributed by atoms with Gasteiger partial charge in [0.25, 0.3) is 11.8 Å². The molecule has 2 aliphatic rings. The van der Waals surface area contributed by atoms with E-state index in [1.54, 1.807) is 0 Å². The molecule has 154 valence electrons. The predicted octanol–water partition coefficient (Wildman–Crippen LogP) is 3.56. The minimum Gasteiger partial charge on any atom is -0.359 e. The summed E-state index contributed by atoms with van der Waals surface area (Å²) in [4.78, 5) is 27.1. The molecule has 4 heterocycles. The van der Waals surface area contributed by atoms with Crippen molar-refractivity contribution in [3.05, 3.63) is 80.7 Å². The lowest BCUT2D eigenvalue weighted by Crippen LogP contribution is -2.15. The average molecular weight is 402 g/mol. The summed E-state index contributed by atoms with van der Waals surface area (Å²) in [5.74, 6) is -0.0605. The highest BCUT2D eigenvalue weighted by Crippen LogP contribution is 2.24. The minimum atomic E-state index is -0.0327. The SMILES string of the molecule is CC1=C(C)C(=Cc2ccc(Cc3ccc(C=C4NC(=O)C(C)=C4C)n3C)[nH]2)NC1=O. The second kappa shape index (κ2) is 7.37. The maximum absolute atomic E-state index is 11.8. The van der Waals surface area contributed by atoms with Gasteiger partial charge in [0.05, 0.1) is 0 Å². The molecule has 0 aromatic carbocycles. The quantitative estimate of drug-likeness (QED) is 0.731. The smallest absolute Gasteiger partial charge is 0.251 e. The van der Waals surface area contributed by atoms with Crippen LogP contribution in [0.4, 0.5) is 0 Å². The van der Waals surface area contributed by atoms with Crippen molar-refractivity contribution in [2.45, 2.75) is 34.1 Å². The zero-order valence-electron chi connectivity index (χ0n) is 17.9. The van der Waals surface area contributed by atoms with E-state index >= 15 is 0 Å². The predicted molar refractivity (Wildman–Crippen MR) is 118 cm³/mol. The molecule has 0 fully saturated rings. The molecular formula is C24H26N4O2. The number of nitrogens with zero attached hydrogens (tertiary/aromatic N) is 1. The molecule has 2 aromatic rings. The van der Waals surface area contributed by atoms with E-state index in [9.17, 15) is 9.59 Å². The summed E-state index contributed by atoms with van der Waals surface area (Å²) in [6, 6.07) is 8.24. The Balaban J connectivity index is 1.52. The Hall–Kier alpha value is -3.54. The maximum Gasteiger partial charge on any atom is 0.251 e. The Morgan fingerprint density at radius 1 is 0.800 bits per heavy atom. The number of aromatic amines is 1. The van der Waals surface area contributed by atoms with Crippen molar-refractivity contribution in [1.29, 1.82) is 0 Å². The maximum atomic E-state index is 11.8. The first-order valence-electron chi connectivity index (χ1n) is 9.99. The van der Waals surface area contributed by atoms with Crippen LogP contribution in [0, 0.1) is 0 Å². The van der Waals surface area contributed by atoms with Gasteiger partial charge in [-0.05, 0) is 75.3 Å². The van der Waals surface area contributed by atoms with Crippen LogP contribution in [0.1, 0.15) is 50.5 Å². The van der Waals surface area contributed by atoms with Crippen molar-refractivity contribution in [2.75, 3.05) is 0 Å². The van der Waals surface area contributed by atoms with Crippen LogP contribution < -0.4 is 10.6 Å². The molecule has 0 bridgehead atoms. The summed E-state index contributed by atoms with van der Waals surface area (Å²) in [7, 11) is 2.03. The van der Waals surface area contributed by atoms with Crippen LogP contribution in [0.5, 0.6) is 0 Å². The Morgan fingerprint density at radius 2 is 1.40 bits per heavy atom. The molecule has 2 aromatic heterocycles. The summed E-state index contributed by atoms with van der Waals surface area (Å²) < 4.78 is 2.13. The second-order valence-corrected chi connectivity index (χ2v) is 7.95. The second-order valence-electron chi connectivity index (χ2n) is 7.95. The normalized spacial score (nSPS) is 19.5. The molecule has 0 radical (unpaired) electrons. The molecule has 0 saturated heterocycles. The van der Waals surface area contributed by atoms with E-state index in [1.807, 2.05) is 53.0 Å². The van der Waals surface area contributed by atoms with Crippen molar-refractivity contribution >= 4 is 24.0 Å². The number of nitrogens with one attached hydrogen (secondary N) is 3. The van der Waals surface area contributed by atoms with Crippen LogP contribution in [-0.2, 0) is 23.1 Å². The van der Waals surface area contributed by atoms with Gasteiger partial charge in [-0.1, -0.05) is 0 Å². The molecule has 2 aliphatic heterocycles. The van der Waals surface area contributed by atoms with Crippen LogP contribution in [-0.4, -0.2) is 21.4 Å². The minimum absolute atomic E-state index is 0.0278. The van der Waals surface area contributed by atoms with Crippen molar-refractivity contribution < 1.29 is 9.59 Å². The van der Waals surface area contributed by atoms with E-state index in [2.05, 4.69) is 38.4 Å². The molecular weight excluding hydrogens is 376 g/mol. The molecule has 4 rings (SSSR count). The summed E-state index contributed by atoms with van der Waals surface area (Å²) in [6.07, 6.45) is 4.73. The highest BCUT2D eigenvalue weighted by Gasteiger charge is 2.21. The van der Waals surface area contributed by atoms with Crippen molar-refractivity contribution in [1.82, 2.24) is 20.2 Å². The molecule has 0 unspecified atom stereocenters. The summed E-state index contributed by atoms with van der Waals surface area (Å²) in [5, 5.41) is 5.83. The van der Waals surface area contributed by atoms with E-state index < -0.39 is 0 Å². The summed E-state index contributed by atoms with van der Waals surface area (Å²) in [5.41, 5.74) is 9.44. The lowest BCUT2D eigenvalue weighted by molar-refractivity contribution is -0.117. The van der Waals surface area contributed by atoms with Gasteiger partial charge in [0.1, 0.15) is 0 Å². The van der Waals surface area contributed by atoms with E-state index in [0.29, 0.717) is 0 Å². The number of H-pyrrole nitrogens is 1. The highest BCUT2D eigenvalue weighted by atomic mass is 16.2. The van der Waals surface area contributed by atoms with Gasteiger partial charge >= 0.3 is 0 Å². The fourth-order valence-electron chi connectivity index (χ4n) is 3.69. The first kappa shape index (κ1) is 19.8. The molecule has 0 aliphatic carbocycles. The Labute approximate surface area is 176 Å². The zero-order chi connectivity index (χ0) is 21.6. The first-order chi connectivity index (χ1) is 14.2. The number of allylic oxidation sites excluding steroid dienone is 2. The van der Waals surface area contributed by atoms with E-state index in [1.165, 1.54) is 0 Å². The van der Waals surface area contributed by atoms with Gasteiger partial charge in [0.15, 0.2) is 0 Å². The van der Waals surface area contributed by atoms with Crippen molar-refractivity contribution in [3.8, 4) is 0 Å². The highest BCUT2D eigenvalue weighted by molar-refractivity contribution is 6.01. The Bertz CT molecular complexity index is 1200. The fraction of sp³-hybridized carbons (Fsp3) is 0.250. The topological polar surface area (TPSA) is 78.9 Å². The number of hydrogen-bond donors (Lipinski definition) is 3. The number of hydrogen-bond acceptors (Lipinski definition) is 2. The monoisotopic (exact) mass is 402 g/mol. The van der Waals surface area contributed by atoms with Gasteiger partial charge in [-0.3, -0.25) is 9.59 Å². The molecule has 30 heavy (non-hydrogen) atoms. The molecule has 6 heteroatoms. The summed E-state index contributed by atoms with van der Waals surface area (Å²) in [6.45, 7) is 7.59. The van der Waals surface area contributed by atoms with E-state index in [0.717, 1.165) is 62.9 Å². The third kappa shape index (κ3) is 3.45. The molecule has 2 amide bonds. The van der Waals surface area contributed by atoms with E-state index in [-0.39, 0.29) is 11.8 Å². The zero-order valence-corrected chi connectivity index (χ0v) is 17.9. The Morgan fingerprint density at radius 3 is 1.97 bits per heavy atom. The van der Waals surface area contributed by atoms with Crippen LogP contribution in [0.25, 0.3) is 12.2 Å². The lowest BCUT2D eigenvalue weighted by Gasteiger charge is -2.06. The molecule has 0 atom stereocenters. The largest absolute Gasteiger partial charge is 0.359 e. The Kier molecular flexibility index (Phi) is 4.86. The van der Waals surface area contributed by atoms with Gasteiger partial charge in [0, 0.05) is 58.8 Å². The standard InChI is InChI=1S/C24H26N4O2/c1-13-15(3)23(29)26-21(13)11-18-7-6-17(25-18)10-19-8-9-20(28(19)5)12-22-14(2)16(4)24(30)27-22/h6-9,11-12,25H,10H2,1-5H3,(H,26,29)(H,27,30). The van der Waals surface area contributed by atoms with Crippen LogP contribution in [0.15, 0.2) is 58.0 Å². The van der Waals surface area contributed by atoms with Gasteiger partial charge in [-0.25, -0.2) is 0 Å². The third-order valence-electron chi connectivity index (χ3n) is 6.11. The van der Waals surface area contributed by atoms with Crippen LogP contribution in [0.3, 0.4) is 0 Å². The number of amides is 2. The molecule has 0 spiro atoms. The average Bonchev–Trinajstić information content (AvgIpc) is 3.42. The fourth-order valence-corrected chi connectivity index (χ4v) is 3.69. The van der Waals surface area contributed by atoms with Gasteiger partial charge in [-0.2, -0.15) is 0 Å². The summed E-state index contributed by atoms with van der Waals surface area (Å²) >= 11 is 0. The van der Waals surface area contributed by atoms with Gasteiger partial charge in [0.2, 0.25) is 0 Å². The molecule has 0 saturated carbocycles. The third-order valence-corrected chi connectivity index (χ3v) is 6.11. The van der Waals surface area contributed by atoms with Crippen molar-refractivity contribution in [2.24, 2.45) is 7.05 Å². The van der Waals surface area contributed by atoms with Crippen LogP contribution in [0.2, 0.25) is 0 Å². The van der Waals surface area contributed by atoms with Crippen molar-refractivity contribution in [3.63, 3.8) is 0 Å². The number of carbonyl (C=O) groups is 2. The first-order valence-corrected chi connectivity index (χ1v) is 9.99. The van der Waals surface area contributed by atoms with Gasteiger partial charge in [-0.15, -0.1) is 0 Å². The van der Waals surface area contributed by atoms with Gasteiger partial charge < -0.3 is 20.2 Å². The number of rotatable bonds is 4. The number of aromatic nitrogens is 2. The molecule has 3 N–H and O–H groups in total. The van der Waals surface area contributed by atoms with Crippen LogP contribution >= 0.6 is 0 Å². The lowest BCUT2D eigenvalue weighted by atomic mass is 10.1. The molecule has 6 nitrogen and oxygen atoms in total. The van der Waals surface area contributed by atoms with E-state index in [4.69, 9.17) is 0 Å².